The van der Waals surface area contributed by atoms with Crippen LogP contribution in [0.3, 0.4) is 0 Å². The standard InChI is InChI=1S/C39H59NO5/c1-25(2)17-31-21-29(19-27(5)36(31)43)11-13-33(41)15-16-40-38(7,8)23-34(24-39(40,9)10)45-35(42)14-12-30-20-28(6)37(44)32(22-30)18-26(3)4/h19-22,25-26,34,43-44H,11-18,23-24H2,1-10H3. The third-order valence-corrected chi connectivity index (χ3v) is 9.27. The first-order valence-corrected chi connectivity index (χ1v) is 17.0. The second kappa shape index (κ2) is 15.2. The molecule has 0 radical (unpaired) electrons. The third kappa shape index (κ3) is 10.3. The van der Waals surface area contributed by atoms with E-state index in [0.717, 1.165) is 59.1 Å². The van der Waals surface area contributed by atoms with Gasteiger partial charge in [-0.1, -0.05) is 52.0 Å². The van der Waals surface area contributed by atoms with Gasteiger partial charge in [-0.25, -0.2) is 0 Å². The summed E-state index contributed by atoms with van der Waals surface area (Å²) in [5.74, 6) is 1.67. The maximum Gasteiger partial charge on any atom is 0.306 e. The highest BCUT2D eigenvalue weighted by molar-refractivity contribution is 5.78. The molecule has 45 heavy (non-hydrogen) atoms. The molecule has 2 aromatic carbocycles. The molecule has 1 aliphatic heterocycles. The lowest BCUT2D eigenvalue weighted by Crippen LogP contribution is -2.62. The van der Waals surface area contributed by atoms with E-state index in [1.54, 1.807) is 0 Å². The van der Waals surface area contributed by atoms with Crippen molar-refractivity contribution in [3.63, 3.8) is 0 Å². The molecule has 0 aromatic heterocycles. The minimum absolute atomic E-state index is 0.176. The van der Waals surface area contributed by atoms with Crippen LogP contribution in [0.1, 0.15) is 121 Å². The molecular formula is C39H59NO5. The normalized spacial score (nSPS) is 16.8. The smallest absolute Gasteiger partial charge is 0.306 e. The van der Waals surface area contributed by atoms with Crippen molar-refractivity contribution >= 4 is 11.8 Å². The van der Waals surface area contributed by atoms with E-state index in [0.29, 0.717) is 62.0 Å². The van der Waals surface area contributed by atoms with Crippen LogP contribution in [0.4, 0.5) is 0 Å². The molecule has 6 nitrogen and oxygen atoms in total. The van der Waals surface area contributed by atoms with Crippen LogP contribution in [-0.2, 0) is 40.0 Å². The largest absolute Gasteiger partial charge is 0.507 e. The van der Waals surface area contributed by atoms with Crippen molar-refractivity contribution in [1.29, 1.82) is 0 Å². The van der Waals surface area contributed by atoms with Gasteiger partial charge in [0, 0.05) is 49.7 Å². The Hall–Kier alpha value is -2.86. The first kappa shape index (κ1) is 36.6. The van der Waals surface area contributed by atoms with Gasteiger partial charge in [0.05, 0.1) is 0 Å². The predicted molar refractivity (Wildman–Crippen MR) is 183 cm³/mol. The van der Waals surface area contributed by atoms with Crippen LogP contribution in [0.2, 0.25) is 0 Å². The van der Waals surface area contributed by atoms with Gasteiger partial charge in [-0.3, -0.25) is 14.5 Å². The Labute approximate surface area is 272 Å². The number of aryl methyl sites for hydroxylation is 4. The average Bonchev–Trinajstić information content (AvgIpc) is 2.89. The molecule has 1 saturated heterocycles. The number of carbonyl (C=O) groups excluding carboxylic acids is 2. The van der Waals surface area contributed by atoms with Gasteiger partial charge in [-0.05, 0) is 112 Å². The summed E-state index contributed by atoms with van der Waals surface area (Å²) in [7, 11) is 0. The number of phenolic OH excluding ortho intramolecular Hbond substituents is 2. The molecule has 0 aliphatic carbocycles. The second-order valence-electron chi connectivity index (χ2n) is 15.6. The maximum atomic E-state index is 13.0. The Morgan fingerprint density at radius 1 is 0.778 bits per heavy atom. The van der Waals surface area contributed by atoms with Gasteiger partial charge in [0.15, 0.2) is 0 Å². The average molecular weight is 622 g/mol. The molecule has 2 aromatic rings. The van der Waals surface area contributed by atoms with Crippen LogP contribution in [0.25, 0.3) is 0 Å². The van der Waals surface area contributed by atoms with E-state index in [2.05, 4.69) is 66.4 Å². The number of esters is 1. The van der Waals surface area contributed by atoms with E-state index >= 15 is 0 Å². The molecule has 3 rings (SSSR count). The van der Waals surface area contributed by atoms with Gasteiger partial charge < -0.3 is 14.9 Å². The van der Waals surface area contributed by atoms with Gasteiger partial charge in [0.2, 0.25) is 0 Å². The number of Topliss-reactive ketones (excluding diaryl/α,β-unsaturated/α-hetero) is 1. The van der Waals surface area contributed by atoms with Crippen LogP contribution in [0.15, 0.2) is 24.3 Å². The number of piperidine rings is 1. The summed E-state index contributed by atoms with van der Waals surface area (Å²) >= 11 is 0. The van der Waals surface area contributed by atoms with Crippen LogP contribution in [0, 0.1) is 25.7 Å². The Morgan fingerprint density at radius 3 is 1.67 bits per heavy atom. The number of ether oxygens (including phenoxy) is 1. The maximum absolute atomic E-state index is 13.0. The van der Waals surface area contributed by atoms with Crippen LogP contribution in [-0.4, -0.2) is 50.6 Å². The minimum atomic E-state index is -0.230. The van der Waals surface area contributed by atoms with Gasteiger partial charge in [-0.15, -0.1) is 0 Å². The molecule has 0 saturated carbocycles. The number of benzene rings is 2. The summed E-state index contributed by atoms with van der Waals surface area (Å²) < 4.78 is 6.05. The lowest BCUT2D eigenvalue weighted by atomic mass is 9.77. The lowest BCUT2D eigenvalue weighted by Gasteiger charge is -2.55. The number of likely N-dealkylation sites (tertiary alicyclic amines) is 1. The fourth-order valence-electron chi connectivity index (χ4n) is 7.40. The van der Waals surface area contributed by atoms with Crippen LogP contribution >= 0.6 is 0 Å². The van der Waals surface area contributed by atoms with Crippen molar-refractivity contribution in [2.75, 3.05) is 6.54 Å². The zero-order chi connectivity index (χ0) is 33.7. The summed E-state index contributed by atoms with van der Waals surface area (Å²) in [6.45, 7) is 21.8. The van der Waals surface area contributed by atoms with Gasteiger partial charge in [0.25, 0.3) is 0 Å². The van der Waals surface area contributed by atoms with E-state index < -0.39 is 0 Å². The summed E-state index contributed by atoms with van der Waals surface area (Å²) in [5, 5.41) is 20.9. The molecule has 0 unspecified atom stereocenters. The molecule has 6 heteroatoms. The fraction of sp³-hybridized carbons (Fsp3) is 0.641. The molecule has 1 heterocycles. The van der Waals surface area contributed by atoms with E-state index in [4.69, 9.17) is 4.74 Å². The number of hydrogen-bond acceptors (Lipinski definition) is 6. The van der Waals surface area contributed by atoms with Gasteiger partial charge in [-0.2, -0.15) is 0 Å². The monoisotopic (exact) mass is 621 g/mol. The number of hydrogen-bond donors (Lipinski definition) is 2. The van der Waals surface area contributed by atoms with Crippen molar-refractivity contribution in [1.82, 2.24) is 4.90 Å². The molecule has 0 amide bonds. The van der Waals surface area contributed by atoms with Crippen LogP contribution in [0.5, 0.6) is 11.5 Å². The first-order chi connectivity index (χ1) is 20.9. The van der Waals surface area contributed by atoms with Crippen molar-refractivity contribution < 1.29 is 24.5 Å². The minimum Gasteiger partial charge on any atom is -0.507 e. The highest BCUT2D eigenvalue weighted by atomic mass is 16.5. The quantitative estimate of drug-likeness (QED) is 0.207. The molecule has 0 atom stereocenters. The molecular weight excluding hydrogens is 562 g/mol. The number of ketones is 1. The van der Waals surface area contributed by atoms with E-state index in [1.165, 1.54) is 0 Å². The van der Waals surface area contributed by atoms with E-state index in [1.807, 2.05) is 32.0 Å². The summed E-state index contributed by atoms with van der Waals surface area (Å²) in [6.07, 6.45) is 5.43. The lowest BCUT2D eigenvalue weighted by molar-refractivity contribution is -0.160. The topological polar surface area (TPSA) is 87.1 Å². The van der Waals surface area contributed by atoms with Crippen molar-refractivity contribution in [2.24, 2.45) is 11.8 Å². The fourth-order valence-corrected chi connectivity index (χ4v) is 7.40. The number of aromatic hydroxyl groups is 2. The van der Waals surface area contributed by atoms with Crippen LogP contribution < -0.4 is 0 Å². The van der Waals surface area contributed by atoms with E-state index in [-0.39, 0.29) is 28.9 Å². The highest BCUT2D eigenvalue weighted by Gasteiger charge is 2.46. The summed E-state index contributed by atoms with van der Waals surface area (Å²) in [5.41, 5.74) is 5.31. The van der Waals surface area contributed by atoms with E-state index in [9.17, 15) is 19.8 Å². The molecule has 1 aliphatic rings. The number of rotatable bonds is 14. The molecule has 2 N–H and O–H groups in total. The molecule has 0 spiro atoms. The zero-order valence-corrected chi connectivity index (χ0v) is 29.7. The SMILES string of the molecule is Cc1cc(CCC(=O)CCN2C(C)(C)CC(OC(=O)CCc3cc(C)c(O)c(CC(C)C)c3)CC2(C)C)cc(CC(C)C)c1O. The number of phenols is 2. The molecule has 0 bridgehead atoms. The Balaban J connectivity index is 1.53. The predicted octanol–water partition coefficient (Wildman–Crippen LogP) is 8.20. The summed E-state index contributed by atoms with van der Waals surface area (Å²) in [6, 6.07) is 8.05. The summed E-state index contributed by atoms with van der Waals surface area (Å²) in [4.78, 5) is 28.4. The van der Waals surface area contributed by atoms with Gasteiger partial charge in [0.1, 0.15) is 23.4 Å². The second-order valence-corrected chi connectivity index (χ2v) is 15.6. The molecule has 1 fully saturated rings. The molecule has 250 valence electrons. The Kier molecular flexibility index (Phi) is 12.3. The Morgan fingerprint density at radius 2 is 1.22 bits per heavy atom. The Bertz CT molecular complexity index is 1320. The highest BCUT2D eigenvalue weighted by Crippen LogP contribution is 2.40. The first-order valence-electron chi connectivity index (χ1n) is 17.0. The third-order valence-electron chi connectivity index (χ3n) is 9.27. The zero-order valence-electron chi connectivity index (χ0n) is 29.7. The van der Waals surface area contributed by atoms with Crippen molar-refractivity contribution in [3.05, 3.63) is 57.6 Å². The van der Waals surface area contributed by atoms with Gasteiger partial charge >= 0.3 is 5.97 Å². The number of carbonyl (C=O) groups is 2. The number of nitrogens with zero attached hydrogens (tertiary/aromatic N) is 1. The van der Waals surface area contributed by atoms with Crippen molar-refractivity contribution in [3.8, 4) is 11.5 Å². The van der Waals surface area contributed by atoms with Crippen molar-refractivity contribution in [2.45, 2.75) is 144 Å².